The molecule has 0 aromatic heterocycles. The second kappa shape index (κ2) is 2.56. The molecule has 0 aliphatic carbocycles. The Morgan fingerprint density at radius 1 is 1.60 bits per heavy atom. The van der Waals surface area contributed by atoms with Crippen LogP contribution in [0.25, 0.3) is 0 Å². The Hall–Kier alpha value is -1.24. The first-order chi connectivity index (χ1) is 4.74. The highest BCUT2D eigenvalue weighted by Crippen LogP contribution is 1.97. The average Bonchev–Trinajstić information content (AvgIpc) is 1.95. The smallest absolute Gasteiger partial charge is 0.242 e. The minimum atomic E-state index is 0.0211. The minimum Gasteiger partial charge on any atom is -0.342 e. The molecule has 1 aliphatic rings. The van der Waals surface area contributed by atoms with Crippen LogP contribution in [0, 0.1) is 11.5 Å². The Kier molecular flexibility index (Phi) is 1.76. The molecule has 0 N–H and O–H groups in total. The number of carbonyl (C=O) groups excluding carboxylic acids is 1. The average molecular weight is 139 g/mol. The molecule has 0 aromatic carbocycles. The molecule has 0 unspecified atom stereocenters. The van der Waals surface area contributed by atoms with E-state index in [4.69, 9.17) is 5.26 Å². The number of rotatable bonds is 0. The summed E-state index contributed by atoms with van der Waals surface area (Å²) in [7, 11) is 1.75. The molecule has 0 spiro atoms. The van der Waals surface area contributed by atoms with Gasteiger partial charge in [-0.1, -0.05) is 0 Å². The summed E-state index contributed by atoms with van der Waals surface area (Å²) in [5, 5.41) is 8.40. The van der Waals surface area contributed by atoms with Gasteiger partial charge < -0.3 is 4.90 Å². The lowest BCUT2D eigenvalue weighted by molar-refractivity contribution is -0.133. The molecule has 0 atom stereocenters. The molecule has 1 heterocycles. The van der Waals surface area contributed by atoms with E-state index in [0.717, 1.165) is 0 Å². The van der Waals surface area contributed by atoms with Crippen LogP contribution in [0.2, 0.25) is 0 Å². The lowest BCUT2D eigenvalue weighted by Crippen LogP contribution is -2.46. The summed E-state index contributed by atoms with van der Waals surface area (Å²) in [5.74, 6) is 0.0211. The van der Waals surface area contributed by atoms with Crippen molar-refractivity contribution in [2.75, 3.05) is 26.7 Å². The van der Waals surface area contributed by atoms with Crippen molar-refractivity contribution in [3.63, 3.8) is 0 Å². The van der Waals surface area contributed by atoms with Crippen molar-refractivity contribution < 1.29 is 4.79 Å². The second-order valence-corrected chi connectivity index (χ2v) is 2.34. The van der Waals surface area contributed by atoms with Crippen molar-refractivity contribution in [2.24, 2.45) is 0 Å². The van der Waals surface area contributed by atoms with Gasteiger partial charge in [0, 0.05) is 20.1 Å². The third-order valence-electron chi connectivity index (χ3n) is 1.60. The summed E-state index contributed by atoms with van der Waals surface area (Å²) in [5.41, 5.74) is 0. The summed E-state index contributed by atoms with van der Waals surface area (Å²) in [6, 6.07) is 0. The molecule has 0 aromatic rings. The SMILES string of the molecule is CN1CCN(C#N)CC1=O. The molecule has 1 saturated heterocycles. The van der Waals surface area contributed by atoms with Crippen LogP contribution in [0.15, 0.2) is 0 Å². The van der Waals surface area contributed by atoms with Gasteiger partial charge in [-0.3, -0.25) is 9.69 Å². The van der Waals surface area contributed by atoms with Crippen LogP contribution in [0.1, 0.15) is 0 Å². The van der Waals surface area contributed by atoms with Crippen molar-refractivity contribution >= 4 is 5.91 Å². The zero-order chi connectivity index (χ0) is 7.56. The molecule has 1 amide bonds. The number of amides is 1. The predicted octanol–water partition coefficient (Wildman–Crippen LogP) is -0.759. The third kappa shape index (κ3) is 1.18. The maximum Gasteiger partial charge on any atom is 0.242 e. The maximum atomic E-state index is 10.9. The van der Waals surface area contributed by atoms with Crippen LogP contribution >= 0.6 is 0 Å². The molecular weight excluding hydrogens is 130 g/mol. The summed E-state index contributed by atoms with van der Waals surface area (Å²) >= 11 is 0. The lowest BCUT2D eigenvalue weighted by Gasteiger charge is -2.27. The first-order valence-corrected chi connectivity index (χ1v) is 3.12. The molecule has 0 radical (unpaired) electrons. The lowest BCUT2D eigenvalue weighted by atomic mass is 10.3. The van der Waals surface area contributed by atoms with Crippen molar-refractivity contribution in [3.05, 3.63) is 0 Å². The van der Waals surface area contributed by atoms with Crippen molar-refractivity contribution in [2.45, 2.75) is 0 Å². The minimum absolute atomic E-state index is 0.0211. The number of likely N-dealkylation sites (N-methyl/N-ethyl adjacent to an activating group) is 1. The van der Waals surface area contributed by atoms with Crippen LogP contribution in [-0.2, 0) is 4.79 Å². The predicted molar refractivity (Wildman–Crippen MR) is 34.8 cm³/mol. The Morgan fingerprint density at radius 3 is 2.80 bits per heavy atom. The highest BCUT2D eigenvalue weighted by atomic mass is 16.2. The zero-order valence-electron chi connectivity index (χ0n) is 5.87. The molecule has 4 heteroatoms. The largest absolute Gasteiger partial charge is 0.342 e. The van der Waals surface area contributed by atoms with Gasteiger partial charge in [-0.2, -0.15) is 5.26 Å². The standard InChI is InChI=1S/C6H9N3O/c1-8-2-3-9(5-7)4-6(8)10/h2-4H2,1H3. The van der Waals surface area contributed by atoms with E-state index in [0.29, 0.717) is 13.1 Å². The monoisotopic (exact) mass is 139 g/mol. The van der Waals surface area contributed by atoms with Crippen LogP contribution in [0.3, 0.4) is 0 Å². The van der Waals surface area contributed by atoms with Crippen LogP contribution in [0.4, 0.5) is 0 Å². The quantitative estimate of drug-likeness (QED) is 0.414. The van der Waals surface area contributed by atoms with E-state index in [-0.39, 0.29) is 12.5 Å². The van der Waals surface area contributed by atoms with Crippen molar-refractivity contribution in [1.29, 1.82) is 5.26 Å². The Bertz CT molecular complexity index is 184. The summed E-state index contributed by atoms with van der Waals surface area (Å²) in [6.45, 7) is 1.57. The van der Waals surface area contributed by atoms with Gasteiger partial charge in [0.15, 0.2) is 6.19 Å². The first-order valence-electron chi connectivity index (χ1n) is 3.12. The van der Waals surface area contributed by atoms with Gasteiger partial charge >= 0.3 is 0 Å². The summed E-state index contributed by atoms with van der Waals surface area (Å²) in [4.78, 5) is 14.0. The highest BCUT2D eigenvalue weighted by Gasteiger charge is 2.18. The van der Waals surface area contributed by atoms with Crippen molar-refractivity contribution in [1.82, 2.24) is 9.80 Å². The molecular formula is C6H9N3O. The fraction of sp³-hybridized carbons (Fsp3) is 0.667. The maximum absolute atomic E-state index is 10.9. The topological polar surface area (TPSA) is 47.3 Å². The molecule has 54 valence electrons. The number of nitriles is 1. The van der Waals surface area contributed by atoms with E-state index >= 15 is 0 Å². The van der Waals surface area contributed by atoms with Gasteiger partial charge in [-0.15, -0.1) is 0 Å². The molecule has 0 saturated carbocycles. The van der Waals surface area contributed by atoms with E-state index in [1.54, 1.807) is 11.9 Å². The Morgan fingerprint density at radius 2 is 2.30 bits per heavy atom. The van der Waals surface area contributed by atoms with E-state index in [1.165, 1.54) is 4.90 Å². The third-order valence-corrected chi connectivity index (χ3v) is 1.60. The van der Waals surface area contributed by atoms with E-state index in [2.05, 4.69) is 0 Å². The number of hydrogen-bond acceptors (Lipinski definition) is 3. The second-order valence-electron chi connectivity index (χ2n) is 2.34. The first kappa shape index (κ1) is 6.87. The summed E-state index contributed by atoms with van der Waals surface area (Å²) < 4.78 is 0. The molecule has 1 fully saturated rings. The van der Waals surface area contributed by atoms with Crippen LogP contribution in [-0.4, -0.2) is 42.4 Å². The molecule has 1 aliphatic heterocycles. The van der Waals surface area contributed by atoms with E-state index in [9.17, 15) is 4.79 Å². The van der Waals surface area contributed by atoms with E-state index in [1.807, 2.05) is 6.19 Å². The number of carbonyl (C=O) groups is 1. The molecule has 0 bridgehead atoms. The molecule has 4 nitrogen and oxygen atoms in total. The number of hydrogen-bond donors (Lipinski definition) is 0. The molecule has 10 heavy (non-hydrogen) atoms. The van der Waals surface area contributed by atoms with Gasteiger partial charge in [0.05, 0.1) is 0 Å². The van der Waals surface area contributed by atoms with Gasteiger partial charge in [-0.25, -0.2) is 0 Å². The Balaban J connectivity index is 2.50. The fourth-order valence-corrected chi connectivity index (χ4v) is 0.844. The normalized spacial score (nSPS) is 19.0. The fourth-order valence-electron chi connectivity index (χ4n) is 0.844. The van der Waals surface area contributed by atoms with Crippen LogP contribution < -0.4 is 0 Å². The van der Waals surface area contributed by atoms with Gasteiger partial charge in [-0.05, 0) is 0 Å². The Labute approximate surface area is 59.6 Å². The number of piperazine rings is 1. The van der Waals surface area contributed by atoms with Gasteiger partial charge in [0.2, 0.25) is 5.91 Å². The molecule has 1 rings (SSSR count). The van der Waals surface area contributed by atoms with Crippen LogP contribution in [0.5, 0.6) is 0 Å². The van der Waals surface area contributed by atoms with Gasteiger partial charge in [0.1, 0.15) is 6.54 Å². The van der Waals surface area contributed by atoms with Crippen molar-refractivity contribution in [3.8, 4) is 6.19 Å². The highest BCUT2D eigenvalue weighted by molar-refractivity contribution is 5.78. The zero-order valence-corrected chi connectivity index (χ0v) is 5.87. The van der Waals surface area contributed by atoms with E-state index < -0.39 is 0 Å². The van der Waals surface area contributed by atoms with Gasteiger partial charge in [0.25, 0.3) is 0 Å². The summed E-state index contributed by atoms with van der Waals surface area (Å²) in [6.07, 6.45) is 1.94. The number of nitrogens with zero attached hydrogens (tertiary/aromatic N) is 3.